The molecule has 0 saturated carbocycles. The average Bonchev–Trinajstić information content (AvgIpc) is 2.89. The second-order valence-corrected chi connectivity index (χ2v) is 4.89. The predicted octanol–water partition coefficient (Wildman–Crippen LogP) is -0.0327. The highest BCUT2D eigenvalue weighted by molar-refractivity contribution is 5.92. The van der Waals surface area contributed by atoms with Gasteiger partial charge in [-0.25, -0.2) is 4.68 Å². The highest BCUT2D eigenvalue weighted by atomic mass is 16.5. The SMILES string of the molecule is COCC(C)NC(=O)c1cn(C2CCNCC2)nn1. The zero-order valence-corrected chi connectivity index (χ0v) is 11.4. The first-order chi connectivity index (χ1) is 9.20. The summed E-state index contributed by atoms with van der Waals surface area (Å²) in [5.41, 5.74) is 0.362. The van der Waals surface area contributed by atoms with E-state index >= 15 is 0 Å². The summed E-state index contributed by atoms with van der Waals surface area (Å²) in [6.45, 7) is 4.33. The molecule has 1 unspecified atom stereocenters. The fourth-order valence-corrected chi connectivity index (χ4v) is 2.22. The van der Waals surface area contributed by atoms with E-state index in [9.17, 15) is 4.79 Å². The highest BCUT2D eigenvalue weighted by Crippen LogP contribution is 2.16. The van der Waals surface area contributed by atoms with Gasteiger partial charge in [-0.05, 0) is 32.9 Å². The number of carbonyl (C=O) groups is 1. The van der Waals surface area contributed by atoms with Crippen LogP contribution in [0.4, 0.5) is 0 Å². The van der Waals surface area contributed by atoms with Crippen LogP contribution >= 0.6 is 0 Å². The molecule has 7 nitrogen and oxygen atoms in total. The van der Waals surface area contributed by atoms with Crippen molar-refractivity contribution in [3.8, 4) is 0 Å². The van der Waals surface area contributed by atoms with Gasteiger partial charge < -0.3 is 15.4 Å². The Morgan fingerprint density at radius 2 is 2.37 bits per heavy atom. The minimum absolute atomic E-state index is 0.0402. The molecule has 2 heterocycles. The van der Waals surface area contributed by atoms with Crippen LogP contribution in [0.25, 0.3) is 0 Å². The number of hydrogen-bond acceptors (Lipinski definition) is 5. The van der Waals surface area contributed by atoms with Crippen molar-refractivity contribution < 1.29 is 9.53 Å². The van der Waals surface area contributed by atoms with E-state index in [-0.39, 0.29) is 11.9 Å². The Kier molecular flexibility index (Phi) is 4.86. The van der Waals surface area contributed by atoms with Gasteiger partial charge in [-0.15, -0.1) is 5.10 Å². The van der Waals surface area contributed by atoms with Crippen LogP contribution in [0.3, 0.4) is 0 Å². The minimum atomic E-state index is -0.204. The molecule has 106 valence electrons. The van der Waals surface area contributed by atoms with Gasteiger partial charge in [0.1, 0.15) is 0 Å². The first-order valence-corrected chi connectivity index (χ1v) is 6.63. The van der Waals surface area contributed by atoms with Crippen molar-refractivity contribution in [3.05, 3.63) is 11.9 Å². The number of ether oxygens (including phenoxy) is 1. The molecule has 1 aliphatic rings. The maximum atomic E-state index is 11.9. The number of piperidine rings is 1. The quantitative estimate of drug-likeness (QED) is 0.783. The fourth-order valence-electron chi connectivity index (χ4n) is 2.22. The molecule has 2 N–H and O–H groups in total. The van der Waals surface area contributed by atoms with Crippen LogP contribution in [0.5, 0.6) is 0 Å². The van der Waals surface area contributed by atoms with Gasteiger partial charge in [0.2, 0.25) is 0 Å². The standard InChI is InChI=1S/C12H21N5O2/c1-9(8-19-2)14-12(18)11-7-17(16-15-11)10-3-5-13-6-4-10/h7,9-10,13H,3-6,8H2,1-2H3,(H,14,18). The van der Waals surface area contributed by atoms with E-state index in [1.54, 1.807) is 18.0 Å². The van der Waals surface area contributed by atoms with Crippen LogP contribution < -0.4 is 10.6 Å². The van der Waals surface area contributed by atoms with Crippen LogP contribution in [0, 0.1) is 0 Å². The predicted molar refractivity (Wildman–Crippen MR) is 70.0 cm³/mol. The molecule has 1 fully saturated rings. The lowest BCUT2D eigenvalue weighted by Crippen LogP contribution is -2.35. The molecule has 0 spiro atoms. The number of hydrogen-bond donors (Lipinski definition) is 2. The summed E-state index contributed by atoms with van der Waals surface area (Å²) < 4.78 is 6.78. The number of carbonyl (C=O) groups excluding carboxylic acids is 1. The van der Waals surface area contributed by atoms with E-state index in [2.05, 4.69) is 20.9 Å². The van der Waals surface area contributed by atoms with Gasteiger partial charge in [0.25, 0.3) is 5.91 Å². The Morgan fingerprint density at radius 3 is 3.05 bits per heavy atom. The molecule has 0 bridgehead atoms. The Balaban J connectivity index is 1.94. The summed E-state index contributed by atoms with van der Waals surface area (Å²) in [5.74, 6) is -0.204. The van der Waals surface area contributed by atoms with Gasteiger partial charge >= 0.3 is 0 Å². The van der Waals surface area contributed by atoms with Crippen molar-refractivity contribution in [1.82, 2.24) is 25.6 Å². The lowest BCUT2D eigenvalue weighted by atomic mass is 10.1. The number of methoxy groups -OCH3 is 1. The summed E-state index contributed by atoms with van der Waals surface area (Å²) in [4.78, 5) is 11.9. The molecule has 1 atom stereocenters. The van der Waals surface area contributed by atoms with Crippen LogP contribution in [-0.2, 0) is 4.74 Å². The second kappa shape index (κ2) is 6.63. The monoisotopic (exact) mass is 267 g/mol. The van der Waals surface area contributed by atoms with Crippen molar-refractivity contribution in [2.45, 2.75) is 31.8 Å². The van der Waals surface area contributed by atoms with E-state index < -0.39 is 0 Å². The summed E-state index contributed by atoms with van der Waals surface area (Å²) >= 11 is 0. The Morgan fingerprint density at radius 1 is 1.63 bits per heavy atom. The summed E-state index contributed by atoms with van der Waals surface area (Å²) in [5, 5.41) is 14.1. The number of amides is 1. The van der Waals surface area contributed by atoms with Gasteiger partial charge in [0.15, 0.2) is 5.69 Å². The number of nitrogens with one attached hydrogen (secondary N) is 2. The Labute approximate surface area is 112 Å². The molecule has 0 aromatic carbocycles. The minimum Gasteiger partial charge on any atom is -0.383 e. The Bertz CT molecular complexity index is 414. The van der Waals surface area contributed by atoms with Crippen molar-refractivity contribution in [3.63, 3.8) is 0 Å². The summed E-state index contributed by atoms with van der Waals surface area (Å²) in [6, 6.07) is 0.299. The maximum Gasteiger partial charge on any atom is 0.273 e. The molecular formula is C12H21N5O2. The van der Waals surface area contributed by atoms with E-state index in [0.29, 0.717) is 18.3 Å². The van der Waals surface area contributed by atoms with Crippen LogP contribution in [0.15, 0.2) is 6.20 Å². The molecule has 1 amide bonds. The molecule has 1 saturated heterocycles. The van der Waals surface area contributed by atoms with Crippen molar-refractivity contribution in [2.75, 3.05) is 26.8 Å². The van der Waals surface area contributed by atoms with Crippen LogP contribution in [-0.4, -0.2) is 53.7 Å². The number of rotatable bonds is 5. The first kappa shape index (κ1) is 14.0. The van der Waals surface area contributed by atoms with Crippen molar-refractivity contribution in [2.24, 2.45) is 0 Å². The third-order valence-corrected chi connectivity index (χ3v) is 3.22. The first-order valence-electron chi connectivity index (χ1n) is 6.63. The molecule has 2 rings (SSSR count). The van der Waals surface area contributed by atoms with E-state index in [1.165, 1.54) is 0 Å². The largest absolute Gasteiger partial charge is 0.383 e. The van der Waals surface area contributed by atoms with Crippen LogP contribution in [0.1, 0.15) is 36.3 Å². The summed E-state index contributed by atoms with van der Waals surface area (Å²) in [6.07, 6.45) is 3.76. The van der Waals surface area contributed by atoms with Gasteiger partial charge in [-0.1, -0.05) is 5.21 Å². The maximum absolute atomic E-state index is 11.9. The normalized spacial score (nSPS) is 18.2. The average molecular weight is 267 g/mol. The van der Waals surface area contributed by atoms with E-state index in [0.717, 1.165) is 25.9 Å². The second-order valence-electron chi connectivity index (χ2n) is 4.89. The van der Waals surface area contributed by atoms with Gasteiger partial charge in [0.05, 0.1) is 18.8 Å². The third-order valence-electron chi connectivity index (χ3n) is 3.22. The molecule has 0 radical (unpaired) electrons. The highest BCUT2D eigenvalue weighted by Gasteiger charge is 2.19. The number of nitrogens with zero attached hydrogens (tertiary/aromatic N) is 3. The van der Waals surface area contributed by atoms with E-state index in [4.69, 9.17) is 4.74 Å². The van der Waals surface area contributed by atoms with E-state index in [1.807, 2.05) is 6.92 Å². The molecule has 1 aromatic rings. The molecule has 19 heavy (non-hydrogen) atoms. The summed E-state index contributed by atoms with van der Waals surface area (Å²) in [7, 11) is 1.61. The Hall–Kier alpha value is -1.47. The number of aromatic nitrogens is 3. The molecule has 1 aliphatic heterocycles. The molecule has 7 heteroatoms. The third kappa shape index (κ3) is 3.74. The smallest absolute Gasteiger partial charge is 0.273 e. The van der Waals surface area contributed by atoms with Crippen molar-refractivity contribution >= 4 is 5.91 Å². The van der Waals surface area contributed by atoms with Gasteiger partial charge in [-0.2, -0.15) is 0 Å². The van der Waals surface area contributed by atoms with Crippen molar-refractivity contribution in [1.29, 1.82) is 0 Å². The van der Waals surface area contributed by atoms with Gasteiger partial charge in [0, 0.05) is 13.2 Å². The lowest BCUT2D eigenvalue weighted by Gasteiger charge is -2.22. The zero-order chi connectivity index (χ0) is 13.7. The van der Waals surface area contributed by atoms with Crippen LogP contribution in [0.2, 0.25) is 0 Å². The molecule has 1 aromatic heterocycles. The zero-order valence-electron chi connectivity index (χ0n) is 11.4. The lowest BCUT2D eigenvalue weighted by molar-refractivity contribution is 0.0900. The fraction of sp³-hybridized carbons (Fsp3) is 0.750. The topological polar surface area (TPSA) is 81.1 Å². The molecule has 0 aliphatic carbocycles. The van der Waals surface area contributed by atoms with Gasteiger partial charge in [-0.3, -0.25) is 4.79 Å². The molecular weight excluding hydrogens is 246 g/mol.